The molecule has 9 nitrogen and oxygen atoms in total. The SMILES string of the molecule is COc1ccccc1OCCNC[C@@H](COc1cccc2[nH]c3ccccc3c12)OP(=O)(O)O. The van der Waals surface area contributed by atoms with Crippen LogP contribution in [0.15, 0.2) is 66.7 Å². The van der Waals surface area contributed by atoms with Crippen LogP contribution >= 0.6 is 7.82 Å². The predicted octanol–water partition coefficient (Wildman–Crippen LogP) is 3.86. The Morgan fingerprint density at radius 1 is 0.912 bits per heavy atom. The van der Waals surface area contributed by atoms with E-state index in [1.807, 2.05) is 54.6 Å². The van der Waals surface area contributed by atoms with E-state index in [1.165, 1.54) is 0 Å². The highest BCUT2D eigenvalue weighted by Crippen LogP contribution is 2.38. The maximum atomic E-state index is 11.5. The molecule has 4 N–H and O–H groups in total. The molecule has 0 aliphatic rings. The zero-order chi connectivity index (χ0) is 24.0. The highest BCUT2D eigenvalue weighted by molar-refractivity contribution is 7.46. The van der Waals surface area contributed by atoms with Crippen LogP contribution in [0.4, 0.5) is 0 Å². The molecule has 0 saturated heterocycles. The Labute approximate surface area is 196 Å². The van der Waals surface area contributed by atoms with Gasteiger partial charge < -0.3 is 34.3 Å². The van der Waals surface area contributed by atoms with Crippen LogP contribution < -0.4 is 19.5 Å². The van der Waals surface area contributed by atoms with Crippen molar-refractivity contribution >= 4 is 29.6 Å². The first-order valence-corrected chi connectivity index (χ1v) is 12.3. The number of H-pyrrole nitrogens is 1. The number of ether oxygens (including phenoxy) is 3. The molecule has 0 radical (unpaired) electrons. The van der Waals surface area contributed by atoms with Crippen LogP contribution in [0.2, 0.25) is 0 Å². The van der Waals surface area contributed by atoms with Gasteiger partial charge in [0, 0.05) is 29.4 Å². The monoisotopic (exact) mass is 486 g/mol. The standard InChI is InChI=1S/C24H27N2O7P/c1-30-21-10-4-5-11-22(21)31-14-13-25-15-17(33-34(27,28)29)16-32-23-12-6-9-20-24(23)18-7-2-3-8-19(18)26-20/h2-12,17,25-26H,13-16H2,1H3,(H2,27,28,29)/t17-/m0/s1. The van der Waals surface area contributed by atoms with Gasteiger partial charge in [0.1, 0.15) is 25.1 Å². The first-order chi connectivity index (χ1) is 16.4. The lowest BCUT2D eigenvalue weighted by molar-refractivity contribution is 0.0888. The first kappa shape index (κ1) is 24.1. The van der Waals surface area contributed by atoms with Crippen molar-refractivity contribution in [1.29, 1.82) is 0 Å². The number of hydrogen-bond donors (Lipinski definition) is 4. The number of nitrogens with one attached hydrogen (secondary N) is 2. The van der Waals surface area contributed by atoms with Gasteiger partial charge in [-0.25, -0.2) is 4.57 Å². The van der Waals surface area contributed by atoms with Gasteiger partial charge in [0.15, 0.2) is 11.5 Å². The summed E-state index contributed by atoms with van der Waals surface area (Å²) in [6.45, 7) is 0.865. The molecule has 4 rings (SSSR count). The van der Waals surface area contributed by atoms with E-state index in [1.54, 1.807) is 19.2 Å². The molecular weight excluding hydrogens is 459 g/mol. The van der Waals surface area contributed by atoms with Crippen molar-refractivity contribution in [3.63, 3.8) is 0 Å². The molecule has 0 spiro atoms. The van der Waals surface area contributed by atoms with E-state index in [0.29, 0.717) is 30.4 Å². The van der Waals surface area contributed by atoms with Crippen LogP contribution in [-0.4, -0.2) is 54.3 Å². The van der Waals surface area contributed by atoms with E-state index in [-0.39, 0.29) is 13.2 Å². The third-order valence-corrected chi connectivity index (χ3v) is 5.75. The molecule has 10 heteroatoms. The Balaban J connectivity index is 1.37. The zero-order valence-electron chi connectivity index (χ0n) is 18.6. The Morgan fingerprint density at radius 2 is 1.62 bits per heavy atom. The quantitative estimate of drug-likeness (QED) is 0.176. The highest BCUT2D eigenvalue weighted by Gasteiger charge is 2.23. The van der Waals surface area contributed by atoms with E-state index < -0.39 is 13.9 Å². The van der Waals surface area contributed by atoms with Crippen molar-refractivity contribution in [2.75, 3.05) is 33.4 Å². The number of methoxy groups -OCH3 is 1. The smallest absolute Gasteiger partial charge is 0.470 e. The fraction of sp³-hybridized carbons (Fsp3) is 0.250. The van der Waals surface area contributed by atoms with Gasteiger partial charge in [-0.1, -0.05) is 36.4 Å². The second kappa shape index (κ2) is 10.9. The number of aromatic nitrogens is 1. The summed E-state index contributed by atoms with van der Waals surface area (Å²) >= 11 is 0. The Kier molecular flexibility index (Phi) is 7.72. The van der Waals surface area contributed by atoms with Crippen LogP contribution in [0.1, 0.15) is 0 Å². The van der Waals surface area contributed by atoms with Crippen molar-refractivity contribution in [3.05, 3.63) is 66.7 Å². The Bertz CT molecular complexity index is 1290. The lowest BCUT2D eigenvalue weighted by Gasteiger charge is -2.20. The number of para-hydroxylation sites is 3. The predicted molar refractivity (Wildman–Crippen MR) is 130 cm³/mol. The molecule has 0 unspecified atom stereocenters. The highest BCUT2D eigenvalue weighted by atomic mass is 31.2. The van der Waals surface area contributed by atoms with Gasteiger partial charge >= 0.3 is 7.82 Å². The summed E-state index contributed by atoms with van der Waals surface area (Å²) in [6, 6.07) is 20.8. The van der Waals surface area contributed by atoms with Crippen LogP contribution in [0.25, 0.3) is 21.8 Å². The number of phosphoric ester groups is 1. The molecule has 34 heavy (non-hydrogen) atoms. The molecule has 0 aliphatic carbocycles. The fourth-order valence-corrected chi connectivity index (χ4v) is 4.25. The fourth-order valence-electron chi connectivity index (χ4n) is 3.73. The van der Waals surface area contributed by atoms with Gasteiger partial charge in [-0.15, -0.1) is 0 Å². The van der Waals surface area contributed by atoms with Crippen molar-refractivity contribution in [1.82, 2.24) is 10.3 Å². The van der Waals surface area contributed by atoms with Crippen molar-refractivity contribution in [3.8, 4) is 17.2 Å². The van der Waals surface area contributed by atoms with E-state index in [9.17, 15) is 14.4 Å². The van der Waals surface area contributed by atoms with E-state index in [4.69, 9.17) is 18.7 Å². The molecule has 1 aromatic heterocycles. The molecule has 0 fully saturated rings. The molecule has 0 saturated carbocycles. The van der Waals surface area contributed by atoms with E-state index in [2.05, 4.69) is 10.3 Å². The molecular formula is C24H27N2O7P. The van der Waals surface area contributed by atoms with Crippen molar-refractivity contribution < 1.29 is 33.1 Å². The van der Waals surface area contributed by atoms with Crippen LogP contribution in [0.5, 0.6) is 17.2 Å². The van der Waals surface area contributed by atoms with E-state index >= 15 is 0 Å². The van der Waals surface area contributed by atoms with Gasteiger partial charge in [-0.3, -0.25) is 4.52 Å². The second-order valence-corrected chi connectivity index (χ2v) is 8.77. The minimum absolute atomic E-state index is 0.0515. The molecule has 0 aliphatic heterocycles. The van der Waals surface area contributed by atoms with Crippen LogP contribution in [0, 0.1) is 0 Å². The molecule has 1 heterocycles. The third-order valence-electron chi connectivity index (χ3n) is 5.18. The largest absolute Gasteiger partial charge is 0.493 e. The number of rotatable bonds is 12. The summed E-state index contributed by atoms with van der Waals surface area (Å²) in [4.78, 5) is 22.0. The molecule has 0 bridgehead atoms. The Hall–Kier alpha value is -3.07. The average molecular weight is 486 g/mol. The van der Waals surface area contributed by atoms with Gasteiger partial charge in [0.2, 0.25) is 0 Å². The van der Waals surface area contributed by atoms with E-state index in [0.717, 1.165) is 21.8 Å². The van der Waals surface area contributed by atoms with Crippen molar-refractivity contribution in [2.24, 2.45) is 0 Å². The number of hydrogen-bond acceptors (Lipinski definition) is 6. The third kappa shape index (κ3) is 6.08. The number of aromatic amines is 1. The summed E-state index contributed by atoms with van der Waals surface area (Å²) in [5.41, 5.74) is 1.89. The van der Waals surface area contributed by atoms with Gasteiger partial charge in [-0.2, -0.15) is 0 Å². The molecule has 180 valence electrons. The molecule has 4 aromatic rings. The lowest BCUT2D eigenvalue weighted by Crippen LogP contribution is -2.35. The van der Waals surface area contributed by atoms with Crippen LogP contribution in [0.3, 0.4) is 0 Å². The maximum absolute atomic E-state index is 11.5. The minimum atomic E-state index is -4.71. The summed E-state index contributed by atoms with van der Waals surface area (Å²) < 4.78 is 33.4. The maximum Gasteiger partial charge on any atom is 0.470 e. The number of fused-ring (bicyclic) bond motifs is 3. The minimum Gasteiger partial charge on any atom is -0.493 e. The van der Waals surface area contributed by atoms with Gasteiger partial charge in [0.25, 0.3) is 0 Å². The first-order valence-electron chi connectivity index (χ1n) is 10.8. The van der Waals surface area contributed by atoms with Crippen molar-refractivity contribution in [2.45, 2.75) is 6.10 Å². The normalized spacial score (nSPS) is 12.7. The summed E-state index contributed by atoms with van der Waals surface area (Å²) in [5.74, 6) is 1.85. The summed E-state index contributed by atoms with van der Waals surface area (Å²) in [5, 5.41) is 5.01. The van der Waals surface area contributed by atoms with Crippen LogP contribution in [-0.2, 0) is 9.09 Å². The molecule has 1 atom stereocenters. The second-order valence-electron chi connectivity index (χ2n) is 7.58. The topological polar surface area (TPSA) is 122 Å². The van der Waals surface area contributed by atoms with Gasteiger partial charge in [0.05, 0.1) is 12.6 Å². The van der Waals surface area contributed by atoms with Gasteiger partial charge in [-0.05, 0) is 30.3 Å². The number of benzene rings is 3. The Morgan fingerprint density at radius 3 is 2.41 bits per heavy atom. The summed E-state index contributed by atoms with van der Waals surface area (Å²) in [6.07, 6.45) is -0.882. The zero-order valence-corrected chi connectivity index (χ0v) is 19.5. The number of phosphoric acid groups is 1. The molecule has 3 aromatic carbocycles. The molecule has 0 amide bonds. The average Bonchev–Trinajstić information content (AvgIpc) is 3.21. The lowest BCUT2D eigenvalue weighted by atomic mass is 10.1. The summed E-state index contributed by atoms with van der Waals surface area (Å²) in [7, 11) is -3.14.